The van der Waals surface area contributed by atoms with Crippen LogP contribution in [-0.4, -0.2) is 51.7 Å². The number of benzene rings is 1. The molecule has 2 aromatic heterocycles. The molecule has 1 amide bonds. The van der Waals surface area contributed by atoms with Gasteiger partial charge < -0.3 is 9.64 Å². The molecule has 0 bridgehead atoms. The lowest BCUT2D eigenvalue weighted by Gasteiger charge is -2.32. The van der Waals surface area contributed by atoms with Crippen molar-refractivity contribution in [3.63, 3.8) is 0 Å². The monoisotopic (exact) mass is 424 g/mol. The second-order valence-electron chi connectivity index (χ2n) is 7.93. The van der Waals surface area contributed by atoms with Gasteiger partial charge in [0, 0.05) is 57.8 Å². The highest BCUT2D eigenvalue weighted by atomic mass is 32.1. The van der Waals surface area contributed by atoms with E-state index in [0.29, 0.717) is 0 Å². The number of amides is 1. The molecule has 158 valence electrons. The summed E-state index contributed by atoms with van der Waals surface area (Å²) in [6.45, 7) is 3.24. The molecule has 1 aliphatic heterocycles. The zero-order valence-electron chi connectivity index (χ0n) is 17.5. The van der Waals surface area contributed by atoms with Gasteiger partial charge in [0.2, 0.25) is 0 Å². The Labute approximate surface area is 181 Å². The second-order valence-corrected chi connectivity index (χ2v) is 8.87. The highest BCUT2D eigenvalue weighted by molar-refractivity contribution is 7.12. The lowest BCUT2D eigenvalue weighted by atomic mass is 10.1. The summed E-state index contributed by atoms with van der Waals surface area (Å²) in [5, 5.41) is 6.17. The Kier molecular flexibility index (Phi) is 6.50. The highest BCUT2D eigenvalue weighted by Crippen LogP contribution is 2.22. The first-order chi connectivity index (χ1) is 14.6. The van der Waals surface area contributed by atoms with Crippen molar-refractivity contribution in [2.45, 2.75) is 32.0 Å². The number of likely N-dealkylation sites (tertiary alicyclic amines) is 1. The van der Waals surface area contributed by atoms with Crippen molar-refractivity contribution in [3.8, 4) is 5.75 Å². The smallest absolute Gasteiger partial charge is 0.263 e. The molecular formula is C23H28N4O2S. The van der Waals surface area contributed by atoms with Gasteiger partial charge in [-0.25, -0.2) is 0 Å². The van der Waals surface area contributed by atoms with Gasteiger partial charge >= 0.3 is 0 Å². The zero-order valence-corrected chi connectivity index (χ0v) is 18.3. The third-order valence-electron chi connectivity index (χ3n) is 5.35. The van der Waals surface area contributed by atoms with Crippen LogP contribution in [-0.2, 0) is 20.1 Å². The highest BCUT2D eigenvalue weighted by Gasteiger charge is 2.25. The standard InChI is InChI=1S/C23H28N4O2S/c1-25(16-19-14-24-26(2)17-19)15-18-5-7-20(8-6-18)29-21-9-11-27(12-10-21)23(28)22-4-3-13-30-22/h3-8,13-14,17,21H,9-12,15-16H2,1-2H3. The van der Waals surface area contributed by atoms with Crippen molar-refractivity contribution >= 4 is 17.2 Å². The van der Waals surface area contributed by atoms with E-state index in [1.807, 2.05) is 46.5 Å². The van der Waals surface area contributed by atoms with Crippen LogP contribution in [0.3, 0.4) is 0 Å². The van der Waals surface area contributed by atoms with E-state index in [0.717, 1.165) is 49.6 Å². The number of rotatable bonds is 7. The molecule has 6 nitrogen and oxygen atoms in total. The molecule has 0 aliphatic carbocycles. The third kappa shape index (κ3) is 5.29. The molecule has 1 saturated heterocycles. The van der Waals surface area contributed by atoms with Crippen LogP contribution in [0.15, 0.2) is 54.2 Å². The minimum absolute atomic E-state index is 0.142. The van der Waals surface area contributed by atoms with Gasteiger partial charge in [-0.3, -0.25) is 14.4 Å². The summed E-state index contributed by atoms with van der Waals surface area (Å²) in [6.07, 6.45) is 5.86. The first-order valence-corrected chi connectivity index (χ1v) is 11.2. The van der Waals surface area contributed by atoms with Crippen LogP contribution < -0.4 is 4.74 Å². The molecule has 4 rings (SSSR count). The first kappa shape index (κ1) is 20.6. The maximum atomic E-state index is 12.5. The predicted molar refractivity (Wildman–Crippen MR) is 119 cm³/mol. The van der Waals surface area contributed by atoms with Crippen LogP contribution in [0.1, 0.15) is 33.6 Å². The summed E-state index contributed by atoms with van der Waals surface area (Å²) in [6, 6.07) is 12.2. The number of carbonyl (C=O) groups excluding carboxylic acids is 1. The van der Waals surface area contributed by atoms with Crippen molar-refractivity contribution < 1.29 is 9.53 Å². The molecule has 0 spiro atoms. The van der Waals surface area contributed by atoms with Crippen LogP contribution in [0.25, 0.3) is 0 Å². The molecule has 0 radical (unpaired) electrons. The molecule has 0 atom stereocenters. The number of nitrogens with zero attached hydrogens (tertiary/aromatic N) is 4. The molecule has 0 saturated carbocycles. The summed E-state index contributed by atoms with van der Waals surface area (Å²) >= 11 is 1.50. The maximum absolute atomic E-state index is 12.5. The Morgan fingerprint density at radius 2 is 1.90 bits per heavy atom. The van der Waals surface area contributed by atoms with Gasteiger partial charge in [-0.15, -0.1) is 11.3 Å². The summed E-state index contributed by atoms with van der Waals surface area (Å²) in [4.78, 5) is 17.5. The van der Waals surface area contributed by atoms with E-state index in [2.05, 4.69) is 41.3 Å². The van der Waals surface area contributed by atoms with Gasteiger partial charge in [0.05, 0.1) is 11.1 Å². The van der Waals surface area contributed by atoms with Gasteiger partial charge in [0.25, 0.3) is 5.91 Å². The van der Waals surface area contributed by atoms with Crippen molar-refractivity contribution in [1.82, 2.24) is 19.6 Å². The topological polar surface area (TPSA) is 50.6 Å². The Morgan fingerprint density at radius 1 is 1.17 bits per heavy atom. The number of ether oxygens (including phenoxy) is 1. The fraction of sp³-hybridized carbons (Fsp3) is 0.391. The SMILES string of the molecule is CN(Cc1ccc(OC2CCN(C(=O)c3cccs3)CC2)cc1)Cc1cnn(C)c1. The van der Waals surface area contributed by atoms with E-state index in [9.17, 15) is 4.79 Å². The Bertz CT molecular complexity index is 944. The largest absolute Gasteiger partial charge is 0.490 e. The normalized spacial score (nSPS) is 15.0. The lowest BCUT2D eigenvalue weighted by Crippen LogP contribution is -2.41. The van der Waals surface area contributed by atoms with E-state index in [1.165, 1.54) is 22.5 Å². The van der Waals surface area contributed by atoms with Crippen LogP contribution in [0, 0.1) is 0 Å². The van der Waals surface area contributed by atoms with Crippen LogP contribution in [0.5, 0.6) is 5.75 Å². The summed E-state index contributed by atoms with van der Waals surface area (Å²) in [7, 11) is 4.05. The van der Waals surface area contributed by atoms with Crippen molar-refractivity contribution in [2.75, 3.05) is 20.1 Å². The molecule has 3 heterocycles. The fourth-order valence-corrected chi connectivity index (χ4v) is 4.52. The number of hydrogen-bond donors (Lipinski definition) is 0. The van der Waals surface area contributed by atoms with Crippen LogP contribution in [0.4, 0.5) is 0 Å². The van der Waals surface area contributed by atoms with Gasteiger partial charge in [0.1, 0.15) is 11.9 Å². The van der Waals surface area contributed by atoms with Crippen LogP contribution >= 0.6 is 11.3 Å². The number of aryl methyl sites for hydroxylation is 1. The fourth-order valence-electron chi connectivity index (χ4n) is 3.83. The summed E-state index contributed by atoms with van der Waals surface area (Å²) < 4.78 is 8.00. The molecule has 30 heavy (non-hydrogen) atoms. The first-order valence-electron chi connectivity index (χ1n) is 10.3. The second kappa shape index (κ2) is 9.45. The number of thiophene rings is 1. The average molecular weight is 425 g/mol. The van der Waals surface area contributed by atoms with Gasteiger partial charge in [-0.05, 0) is 36.2 Å². The van der Waals surface area contributed by atoms with Gasteiger partial charge in [-0.2, -0.15) is 5.10 Å². The number of hydrogen-bond acceptors (Lipinski definition) is 5. The number of piperidine rings is 1. The Morgan fingerprint density at radius 3 is 2.53 bits per heavy atom. The van der Waals surface area contributed by atoms with E-state index in [-0.39, 0.29) is 12.0 Å². The summed E-state index contributed by atoms with van der Waals surface area (Å²) in [5.74, 6) is 1.04. The molecule has 1 fully saturated rings. The molecule has 0 N–H and O–H groups in total. The predicted octanol–water partition coefficient (Wildman–Crippen LogP) is 3.80. The zero-order chi connectivity index (χ0) is 20.9. The van der Waals surface area contributed by atoms with E-state index >= 15 is 0 Å². The lowest BCUT2D eigenvalue weighted by molar-refractivity contribution is 0.0600. The van der Waals surface area contributed by atoms with Gasteiger partial charge in [-0.1, -0.05) is 18.2 Å². The summed E-state index contributed by atoms with van der Waals surface area (Å²) in [5.41, 5.74) is 2.47. The van der Waals surface area contributed by atoms with Crippen molar-refractivity contribution in [2.24, 2.45) is 7.05 Å². The minimum Gasteiger partial charge on any atom is -0.490 e. The molecule has 1 aliphatic rings. The molecule has 1 aromatic carbocycles. The van der Waals surface area contributed by atoms with Crippen molar-refractivity contribution in [1.29, 1.82) is 0 Å². The maximum Gasteiger partial charge on any atom is 0.263 e. The third-order valence-corrected chi connectivity index (χ3v) is 6.21. The number of carbonyl (C=O) groups is 1. The molecular weight excluding hydrogens is 396 g/mol. The van der Waals surface area contributed by atoms with Crippen molar-refractivity contribution in [3.05, 3.63) is 70.2 Å². The van der Waals surface area contributed by atoms with Crippen LogP contribution in [0.2, 0.25) is 0 Å². The average Bonchev–Trinajstić information content (AvgIpc) is 3.41. The molecule has 0 unspecified atom stereocenters. The van der Waals surface area contributed by atoms with E-state index in [1.54, 1.807) is 0 Å². The Hall–Kier alpha value is -2.64. The Balaban J connectivity index is 1.23. The number of aromatic nitrogens is 2. The molecule has 7 heteroatoms. The molecule has 3 aromatic rings. The quantitative estimate of drug-likeness (QED) is 0.579. The van der Waals surface area contributed by atoms with Gasteiger partial charge in [0.15, 0.2) is 0 Å². The van der Waals surface area contributed by atoms with E-state index < -0.39 is 0 Å². The minimum atomic E-state index is 0.142. The van der Waals surface area contributed by atoms with E-state index in [4.69, 9.17) is 4.74 Å².